The zero-order chi connectivity index (χ0) is 13.6. The summed E-state index contributed by atoms with van der Waals surface area (Å²) in [6.07, 6.45) is 4.55. The monoisotopic (exact) mass is 272 g/mol. The third kappa shape index (κ3) is 4.25. The molecule has 1 rings (SSSR count). The number of aromatic nitrogens is 1. The Kier molecular flexibility index (Phi) is 5.52. The summed E-state index contributed by atoms with van der Waals surface area (Å²) >= 11 is 0. The molecule has 0 aromatic carbocycles. The number of hydrogen-bond donors (Lipinski definition) is 3. The van der Waals surface area contributed by atoms with Gasteiger partial charge in [0, 0.05) is 18.9 Å². The van der Waals surface area contributed by atoms with Gasteiger partial charge in [0.25, 0.3) is 0 Å². The summed E-state index contributed by atoms with van der Waals surface area (Å²) in [5, 5.41) is 0. The lowest BCUT2D eigenvalue weighted by Crippen LogP contribution is -2.26. The Morgan fingerprint density at radius 2 is 2.17 bits per heavy atom. The molecule has 0 aliphatic carbocycles. The van der Waals surface area contributed by atoms with E-state index in [1.54, 1.807) is 0 Å². The molecular formula is C11H20N4O2S. The van der Waals surface area contributed by atoms with Gasteiger partial charge in [0.15, 0.2) is 0 Å². The van der Waals surface area contributed by atoms with E-state index < -0.39 is 10.0 Å². The van der Waals surface area contributed by atoms with Crippen LogP contribution in [0.15, 0.2) is 23.4 Å². The van der Waals surface area contributed by atoms with E-state index in [4.69, 9.17) is 5.84 Å². The van der Waals surface area contributed by atoms with Crippen molar-refractivity contribution in [3.05, 3.63) is 18.5 Å². The van der Waals surface area contributed by atoms with Gasteiger partial charge in [0.1, 0.15) is 4.90 Å². The lowest BCUT2D eigenvalue weighted by Gasteiger charge is -2.10. The second-order valence-corrected chi connectivity index (χ2v) is 6.19. The molecule has 0 spiro atoms. The van der Waals surface area contributed by atoms with E-state index in [2.05, 4.69) is 29.0 Å². The summed E-state index contributed by atoms with van der Waals surface area (Å²) in [6.45, 7) is 4.62. The first-order valence-corrected chi connectivity index (χ1v) is 7.36. The summed E-state index contributed by atoms with van der Waals surface area (Å²) in [5.74, 6) is 5.84. The van der Waals surface area contributed by atoms with Crippen LogP contribution in [0.5, 0.6) is 0 Å². The van der Waals surface area contributed by atoms with Gasteiger partial charge in [-0.05, 0) is 24.8 Å². The number of nitrogens with one attached hydrogen (secondary N) is 2. The van der Waals surface area contributed by atoms with Crippen molar-refractivity contribution in [2.45, 2.75) is 31.6 Å². The van der Waals surface area contributed by atoms with E-state index >= 15 is 0 Å². The standard InChI is InChI=1S/C11H20N4O2S/c1-9(2)4-3-6-14-18(16,17)11-8-13-7-5-10(11)15-12/h5,7-9,14H,3-4,6,12H2,1-2H3,(H,13,15). The molecule has 0 saturated carbocycles. The molecule has 0 atom stereocenters. The molecule has 0 amide bonds. The number of pyridine rings is 1. The summed E-state index contributed by atoms with van der Waals surface area (Å²) in [4.78, 5) is 3.87. The summed E-state index contributed by atoms with van der Waals surface area (Å²) in [7, 11) is -3.56. The number of nitrogens with zero attached hydrogens (tertiary/aromatic N) is 1. The molecular weight excluding hydrogens is 252 g/mol. The minimum atomic E-state index is -3.56. The van der Waals surface area contributed by atoms with E-state index in [0.29, 0.717) is 18.2 Å². The van der Waals surface area contributed by atoms with Gasteiger partial charge in [0.05, 0.1) is 5.69 Å². The van der Waals surface area contributed by atoms with Crippen LogP contribution in [0.1, 0.15) is 26.7 Å². The Labute approximate surface area is 108 Å². The van der Waals surface area contributed by atoms with Crippen LogP contribution in [0.4, 0.5) is 5.69 Å². The maximum Gasteiger partial charge on any atom is 0.244 e. The lowest BCUT2D eigenvalue weighted by molar-refractivity contribution is 0.540. The number of anilines is 1. The highest BCUT2D eigenvalue weighted by Gasteiger charge is 2.17. The SMILES string of the molecule is CC(C)CCCNS(=O)(=O)c1cnccc1NN. The Morgan fingerprint density at radius 1 is 1.44 bits per heavy atom. The highest BCUT2D eigenvalue weighted by atomic mass is 32.2. The predicted molar refractivity (Wildman–Crippen MR) is 71.3 cm³/mol. The fourth-order valence-electron chi connectivity index (χ4n) is 1.51. The average Bonchev–Trinajstić information content (AvgIpc) is 2.34. The first-order valence-electron chi connectivity index (χ1n) is 5.87. The quantitative estimate of drug-likeness (QED) is 0.392. The molecule has 0 fully saturated rings. The Morgan fingerprint density at radius 3 is 2.78 bits per heavy atom. The van der Waals surface area contributed by atoms with Gasteiger partial charge < -0.3 is 5.43 Å². The molecule has 0 unspecified atom stereocenters. The van der Waals surface area contributed by atoms with Crippen LogP contribution in [-0.4, -0.2) is 19.9 Å². The minimum absolute atomic E-state index is 0.0667. The number of rotatable bonds is 7. The van der Waals surface area contributed by atoms with Crippen LogP contribution in [-0.2, 0) is 10.0 Å². The van der Waals surface area contributed by atoms with Gasteiger partial charge in [-0.1, -0.05) is 13.8 Å². The third-order valence-corrected chi connectivity index (χ3v) is 3.97. The maximum absolute atomic E-state index is 12.0. The summed E-state index contributed by atoms with van der Waals surface area (Å²) in [6, 6.07) is 1.52. The van der Waals surface area contributed by atoms with Gasteiger partial charge in [-0.3, -0.25) is 10.8 Å². The van der Waals surface area contributed by atoms with Crippen molar-refractivity contribution in [3.8, 4) is 0 Å². The molecule has 0 aliphatic rings. The molecule has 4 N–H and O–H groups in total. The van der Waals surface area contributed by atoms with E-state index in [0.717, 1.165) is 12.8 Å². The smallest absolute Gasteiger partial charge is 0.244 e. The molecule has 0 radical (unpaired) electrons. The Bertz CT molecular complexity index is 474. The van der Waals surface area contributed by atoms with Gasteiger partial charge in [-0.2, -0.15) is 0 Å². The fourth-order valence-corrected chi connectivity index (χ4v) is 2.69. The molecule has 6 nitrogen and oxygen atoms in total. The Hall–Kier alpha value is -1.18. The van der Waals surface area contributed by atoms with Crippen molar-refractivity contribution >= 4 is 15.7 Å². The highest BCUT2D eigenvalue weighted by Crippen LogP contribution is 2.17. The molecule has 0 saturated heterocycles. The molecule has 1 aromatic heterocycles. The second kappa shape index (κ2) is 6.67. The van der Waals surface area contributed by atoms with Crippen molar-refractivity contribution in [1.82, 2.24) is 9.71 Å². The molecule has 7 heteroatoms. The number of hydrazine groups is 1. The number of sulfonamides is 1. The summed E-state index contributed by atoms with van der Waals surface area (Å²) in [5.41, 5.74) is 2.69. The molecule has 1 aromatic rings. The van der Waals surface area contributed by atoms with Crippen LogP contribution >= 0.6 is 0 Å². The average molecular weight is 272 g/mol. The van der Waals surface area contributed by atoms with Crippen LogP contribution in [0, 0.1) is 5.92 Å². The van der Waals surface area contributed by atoms with Crippen LogP contribution < -0.4 is 16.0 Å². The topological polar surface area (TPSA) is 97.1 Å². The fraction of sp³-hybridized carbons (Fsp3) is 0.545. The Balaban J connectivity index is 2.68. The van der Waals surface area contributed by atoms with E-state index in [1.807, 2.05) is 0 Å². The van der Waals surface area contributed by atoms with Crippen LogP contribution in [0.2, 0.25) is 0 Å². The van der Waals surface area contributed by atoms with Gasteiger partial charge in [-0.15, -0.1) is 0 Å². The number of hydrogen-bond acceptors (Lipinski definition) is 5. The third-order valence-electron chi connectivity index (χ3n) is 2.48. The molecule has 0 aliphatic heterocycles. The predicted octanol–water partition coefficient (Wildman–Crippen LogP) is 1.08. The van der Waals surface area contributed by atoms with Gasteiger partial charge >= 0.3 is 0 Å². The van der Waals surface area contributed by atoms with Crippen molar-refractivity contribution in [2.75, 3.05) is 12.0 Å². The zero-order valence-electron chi connectivity index (χ0n) is 10.7. The van der Waals surface area contributed by atoms with E-state index in [9.17, 15) is 8.42 Å². The normalized spacial score (nSPS) is 11.8. The molecule has 102 valence electrons. The van der Waals surface area contributed by atoms with Crippen LogP contribution in [0.3, 0.4) is 0 Å². The molecule has 0 bridgehead atoms. The first-order chi connectivity index (χ1) is 8.47. The van der Waals surface area contributed by atoms with Crippen molar-refractivity contribution in [1.29, 1.82) is 0 Å². The number of nitrogens with two attached hydrogens (primary N) is 1. The largest absolute Gasteiger partial charge is 0.323 e. The number of nitrogen functional groups attached to an aromatic ring is 1. The van der Waals surface area contributed by atoms with Gasteiger partial charge in [0.2, 0.25) is 10.0 Å². The van der Waals surface area contributed by atoms with Crippen molar-refractivity contribution in [2.24, 2.45) is 11.8 Å². The maximum atomic E-state index is 12.0. The highest BCUT2D eigenvalue weighted by molar-refractivity contribution is 7.89. The zero-order valence-corrected chi connectivity index (χ0v) is 11.5. The van der Waals surface area contributed by atoms with Crippen molar-refractivity contribution in [3.63, 3.8) is 0 Å². The van der Waals surface area contributed by atoms with Gasteiger partial charge in [-0.25, -0.2) is 13.1 Å². The summed E-state index contributed by atoms with van der Waals surface area (Å²) < 4.78 is 26.6. The minimum Gasteiger partial charge on any atom is -0.323 e. The van der Waals surface area contributed by atoms with E-state index in [-0.39, 0.29) is 4.90 Å². The first kappa shape index (κ1) is 14.9. The molecule has 1 heterocycles. The van der Waals surface area contributed by atoms with E-state index in [1.165, 1.54) is 18.5 Å². The molecule has 18 heavy (non-hydrogen) atoms. The van der Waals surface area contributed by atoms with Crippen molar-refractivity contribution < 1.29 is 8.42 Å². The second-order valence-electron chi connectivity index (χ2n) is 4.45. The lowest BCUT2D eigenvalue weighted by atomic mass is 10.1. The van der Waals surface area contributed by atoms with Crippen LogP contribution in [0.25, 0.3) is 0 Å².